The number of carbonyl (C=O) groups excluding carboxylic acids is 1. The minimum absolute atomic E-state index is 0.00138. The molecule has 21 heavy (non-hydrogen) atoms. The zero-order valence-corrected chi connectivity index (χ0v) is 11.9. The number of nitrogens with one attached hydrogen (secondary N) is 1. The molecule has 0 aliphatic heterocycles. The molecule has 1 amide bonds. The summed E-state index contributed by atoms with van der Waals surface area (Å²) in [6.45, 7) is 3.65. The molecule has 0 aliphatic rings. The standard InChI is InChI=1S/C16H16N2O3/c1-11-6-7-13(5-3-4-8-19)14(9-11)16(20)17-15-10-12(2)21-18-15/h6-7,9-10,19H,4,8H2,1-2H3,(H,17,18,20). The van der Waals surface area contributed by atoms with Gasteiger partial charge in [0, 0.05) is 18.1 Å². The van der Waals surface area contributed by atoms with Gasteiger partial charge in [0.15, 0.2) is 5.82 Å². The normalized spacial score (nSPS) is 9.86. The van der Waals surface area contributed by atoms with Gasteiger partial charge < -0.3 is 14.9 Å². The van der Waals surface area contributed by atoms with Crippen molar-refractivity contribution in [1.29, 1.82) is 0 Å². The van der Waals surface area contributed by atoms with Crippen molar-refractivity contribution in [2.24, 2.45) is 0 Å². The van der Waals surface area contributed by atoms with Gasteiger partial charge in [-0.3, -0.25) is 4.79 Å². The van der Waals surface area contributed by atoms with Gasteiger partial charge in [-0.05, 0) is 26.0 Å². The van der Waals surface area contributed by atoms with Crippen LogP contribution in [0.15, 0.2) is 28.8 Å². The molecule has 2 aromatic rings. The summed E-state index contributed by atoms with van der Waals surface area (Å²) in [6, 6.07) is 7.10. The molecular formula is C16H16N2O3. The summed E-state index contributed by atoms with van der Waals surface area (Å²) in [5, 5.41) is 15.2. The van der Waals surface area contributed by atoms with Gasteiger partial charge in [-0.15, -0.1) is 0 Å². The minimum atomic E-state index is -0.291. The number of amides is 1. The van der Waals surface area contributed by atoms with E-state index in [1.54, 1.807) is 25.1 Å². The summed E-state index contributed by atoms with van der Waals surface area (Å²) in [7, 11) is 0. The summed E-state index contributed by atoms with van der Waals surface area (Å²) in [5.41, 5.74) is 2.05. The molecule has 108 valence electrons. The van der Waals surface area contributed by atoms with E-state index in [0.29, 0.717) is 29.1 Å². The lowest BCUT2D eigenvalue weighted by atomic mass is 10.0. The van der Waals surface area contributed by atoms with E-state index >= 15 is 0 Å². The van der Waals surface area contributed by atoms with Crippen LogP contribution in [0.1, 0.15) is 33.7 Å². The van der Waals surface area contributed by atoms with Crippen molar-refractivity contribution in [2.75, 3.05) is 11.9 Å². The maximum Gasteiger partial charge on any atom is 0.258 e. The molecule has 0 aliphatic carbocycles. The van der Waals surface area contributed by atoms with Crippen molar-refractivity contribution in [3.05, 3.63) is 46.7 Å². The highest BCUT2D eigenvalue weighted by Crippen LogP contribution is 2.14. The highest BCUT2D eigenvalue weighted by Gasteiger charge is 2.12. The highest BCUT2D eigenvalue weighted by atomic mass is 16.5. The van der Waals surface area contributed by atoms with Gasteiger partial charge in [0.1, 0.15) is 5.76 Å². The molecule has 0 bridgehead atoms. The van der Waals surface area contributed by atoms with E-state index in [1.165, 1.54) is 0 Å². The Morgan fingerprint density at radius 1 is 1.38 bits per heavy atom. The fraction of sp³-hybridized carbons (Fsp3) is 0.250. The molecule has 0 saturated heterocycles. The van der Waals surface area contributed by atoms with Crippen molar-refractivity contribution >= 4 is 11.7 Å². The summed E-state index contributed by atoms with van der Waals surface area (Å²) >= 11 is 0. The zero-order valence-electron chi connectivity index (χ0n) is 11.9. The van der Waals surface area contributed by atoms with Gasteiger partial charge in [0.2, 0.25) is 0 Å². The number of aromatic nitrogens is 1. The Bertz CT molecular complexity index is 708. The predicted molar refractivity (Wildman–Crippen MR) is 79.0 cm³/mol. The fourth-order valence-electron chi connectivity index (χ4n) is 1.78. The quantitative estimate of drug-likeness (QED) is 0.848. The van der Waals surface area contributed by atoms with Gasteiger partial charge in [-0.1, -0.05) is 28.6 Å². The first-order valence-corrected chi connectivity index (χ1v) is 6.55. The first-order valence-electron chi connectivity index (χ1n) is 6.55. The molecule has 5 heteroatoms. The highest BCUT2D eigenvalue weighted by molar-refractivity contribution is 6.05. The Morgan fingerprint density at radius 2 is 2.19 bits per heavy atom. The lowest BCUT2D eigenvalue weighted by Crippen LogP contribution is -2.14. The van der Waals surface area contributed by atoms with Gasteiger partial charge in [0.25, 0.3) is 5.91 Å². The second-order valence-electron chi connectivity index (χ2n) is 4.60. The van der Waals surface area contributed by atoms with E-state index in [4.69, 9.17) is 9.63 Å². The van der Waals surface area contributed by atoms with E-state index in [9.17, 15) is 4.79 Å². The average molecular weight is 284 g/mol. The van der Waals surface area contributed by atoms with Crippen molar-refractivity contribution in [3.8, 4) is 11.8 Å². The van der Waals surface area contributed by atoms with E-state index in [2.05, 4.69) is 22.3 Å². The van der Waals surface area contributed by atoms with Crippen LogP contribution in [0, 0.1) is 25.7 Å². The molecule has 0 saturated carbocycles. The molecule has 5 nitrogen and oxygen atoms in total. The van der Waals surface area contributed by atoms with E-state index < -0.39 is 0 Å². The smallest absolute Gasteiger partial charge is 0.258 e. The SMILES string of the molecule is Cc1ccc(C#CCCO)c(C(=O)Nc2cc(C)on2)c1. The van der Waals surface area contributed by atoms with Crippen molar-refractivity contribution < 1.29 is 14.4 Å². The maximum absolute atomic E-state index is 12.3. The summed E-state index contributed by atoms with van der Waals surface area (Å²) in [5.74, 6) is 6.42. The Morgan fingerprint density at radius 3 is 2.86 bits per heavy atom. The molecule has 0 fully saturated rings. The van der Waals surface area contributed by atoms with Crippen molar-refractivity contribution in [2.45, 2.75) is 20.3 Å². The Hall–Kier alpha value is -2.58. The molecule has 0 atom stereocenters. The number of nitrogens with zero attached hydrogens (tertiary/aromatic N) is 1. The maximum atomic E-state index is 12.3. The lowest BCUT2D eigenvalue weighted by molar-refractivity contribution is 0.102. The molecule has 1 aromatic carbocycles. The van der Waals surface area contributed by atoms with Crippen LogP contribution in [0.3, 0.4) is 0 Å². The third kappa shape index (κ3) is 3.94. The third-order valence-corrected chi connectivity index (χ3v) is 2.75. The Labute approximate surface area is 123 Å². The van der Waals surface area contributed by atoms with Crippen molar-refractivity contribution in [3.63, 3.8) is 0 Å². The monoisotopic (exact) mass is 284 g/mol. The van der Waals surface area contributed by atoms with Gasteiger partial charge in [0.05, 0.1) is 12.2 Å². The van der Waals surface area contributed by atoms with Gasteiger partial charge in [-0.25, -0.2) is 0 Å². The first kappa shape index (κ1) is 14.8. The lowest BCUT2D eigenvalue weighted by Gasteiger charge is -2.05. The van der Waals surface area contributed by atoms with E-state index in [1.807, 2.05) is 13.0 Å². The predicted octanol–water partition coefficient (Wildman–Crippen LogP) is 2.28. The number of rotatable bonds is 3. The van der Waals surface area contributed by atoms with Crippen LogP contribution in [-0.4, -0.2) is 22.8 Å². The fourth-order valence-corrected chi connectivity index (χ4v) is 1.78. The van der Waals surface area contributed by atoms with Crippen LogP contribution in [0.5, 0.6) is 0 Å². The van der Waals surface area contributed by atoms with E-state index in [-0.39, 0.29) is 12.5 Å². The van der Waals surface area contributed by atoms with Crippen LogP contribution in [0.2, 0.25) is 0 Å². The number of hydrogen-bond acceptors (Lipinski definition) is 4. The minimum Gasteiger partial charge on any atom is -0.395 e. The van der Waals surface area contributed by atoms with Crippen LogP contribution in [-0.2, 0) is 0 Å². The molecule has 1 heterocycles. The van der Waals surface area contributed by atoms with Crippen molar-refractivity contribution in [1.82, 2.24) is 5.16 Å². The van der Waals surface area contributed by atoms with Crippen LogP contribution in [0.25, 0.3) is 0 Å². The molecule has 0 spiro atoms. The van der Waals surface area contributed by atoms with E-state index in [0.717, 1.165) is 5.56 Å². The van der Waals surface area contributed by atoms with Crippen LogP contribution >= 0.6 is 0 Å². The second-order valence-corrected chi connectivity index (χ2v) is 4.60. The summed E-state index contributed by atoms with van der Waals surface area (Å²) < 4.78 is 4.91. The zero-order chi connectivity index (χ0) is 15.2. The number of benzene rings is 1. The van der Waals surface area contributed by atoms with Gasteiger partial charge >= 0.3 is 0 Å². The molecule has 2 rings (SSSR count). The number of aliphatic hydroxyl groups is 1. The number of aryl methyl sites for hydroxylation is 2. The number of aliphatic hydroxyl groups excluding tert-OH is 1. The first-order chi connectivity index (χ1) is 10.1. The topological polar surface area (TPSA) is 75.4 Å². The number of hydrogen-bond donors (Lipinski definition) is 2. The molecular weight excluding hydrogens is 268 g/mol. The largest absolute Gasteiger partial charge is 0.395 e. The van der Waals surface area contributed by atoms with Crippen LogP contribution < -0.4 is 5.32 Å². The summed E-state index contributed by atoms with van der Waals surface area (Å²) in [4.78, 5) is 12.3. The number of carbonyl (C=O) groups is 1. The molecule has 0 radical (unpaired) electrons. The Balaban J connectivity index is 2.26. The van der Waals surface area contributed by atoms with Crippen LogP contribution in [0.4, 0.5) is 5.82 Å². The number of anilines is 1. The molecule has 2 N–H and O–H groups in total. The average Bonchev–Trinajstić information content (AvgIpc) is 2.86. The Kier molecular flexibility index (Phi) is 4.75. The molecule has 0 unspecified atom stereocenters. The third-order valence-electron chi connectivity index (χ3n) is 2.75. The summed E-state index contributed by atoms with van der Waals surface area (Å²) in [6.07, 6.45) is 0.372. The van der Waals surface area contributed by atoms with Gasteiger partial charge in [-0.2, -0.15) is 0 Å². The molecule has 1 aromatic heterocycles. The second kappa shape index (κ2) is 6.73.